The summed E-state index contributed by atoms with van der Waals surface area (Å²) >= 11 is 6.39. The van der Waals surface area contributed by atoms with E-state index in [9.17, 15) is 28.0 Å². The van der Waals surface area contributed by atoms with Gasteiger partial charge in [-0.1, -0.05) is 30.2 Å². The fraction of sp³-hybridized carbons (Fsp3) is 0.361. The van der Waals surface area contributed by atoms with Crippen molar-refractivity contribution in [3.8, 4) is 28.2 Å². The van der Waals surface area contributed by atoms with Crippen LogP contribution in [-0.4, -0.2) is 95.2 Å². The molecule has 5 aromatic rings. The molecular weight excluding hydrogens is 758 g/mol. The number of amides is 2. The number of ether oxygens (including phenoxy) is 2. The van der Waals surface area contributed by atoms with Gasteiger partial charge in [0, 0.05) is 40.9 Å². The van der Waals surface area contributed by atoms with Crippen molar-refractivity contribution in [1.29, 1.82) is 0 Å². The Labute approximate surface area is 322 Å². The van der Waals surface area contributed by atoms with E-state index < -0.39 is 35.9 Å². The van der Waals surface area contributed by atoms with Crippen molar-refractivity contribution < 1.29 is 37.7 Å². The second-order valence-electron chi connectivity index (χ2n) is 12.8. The van der Waals surface area contributed by atoms with E-state index in [-0.39, 0.29) is 68.1 Å². The molecule has 0 spiro atoms. The van der Waals surface area contributed by atoms with Gasteiger partial charge in [-0.15, -0.1) is 5.10 Å². The van der Waals surface area contributed by atoms with Crippen LogP contribution in [-0.2, 0) is 19.1 Å². The van der Waals surface area contributed by atoms with Gasteiger partial charge >= 0.3 is 12.5 Å². The number of hydrogen-bond acceptors (Lipinski definition) is 11. The minimum atomic E-state index is -2.98. The molecule has 0 aliphatic carbocycles. The molecule has 17 nitrogen and oxygen atoms in total. The summed E-state index contributed by atoms with van der Waals surface area (Å²) in [5, 5.41) is 26.3. The van der Waals surface area contributed by atoms with Crippen LogP contribution >= 0.6 is 11.6 Å². The summed E-state index contributed by atoms with van der Waals surface area (Å²) in [6.07, 6.45) is 6.70. The number of carbonyl (C=O) groups excluding carboxylic acids is 2. The maximum Gasteiger partial charge on any atom is 0.333 e. The van der Waals surface area contributed by atoms with E-state index in [1.54, 1.807) is 31.2 Å². The third-order valence-electron chi connectivity index (χ3n) is 8.94. The highest BCUT2D eigenvalue weighted by Crippen LogP contribution is 2.35. The summed E-state index contributed by atoms with van der Waals surface area (Å²) in [5.74, 6) is -2.26. The molecular formula is C36H37ClF2N10O7. The summed E-state index contributed by atoms with van der Waals surface area (Å²) < 4.78 is 41.9. The fourth-order valence-corrected chi connectivity index (χ4v) is 6.27. The first-order valence-corrected chi connectivity index (χ1v) is 18.0. The van der Waals surface area contributed by atoms with Gasteiger partial charge in [0.2, 0.25) is 5.91 Å². The van der Waals surface area contributed by atoms with Crippen LogP contribution in [0.25, 0.3) is 28.2 Å². The monoisotopic (exact) mass is 794 g/mol. The van der Waals surface area contributed by atoms with Crippen LogP contribution in [0.2, 0.25) is 5.02 Å². The Balaban J connectivity index is 1.22. The number of carboxylic acids is 1. The number of benzene rings is 1. The largest absolute Gasteiger partial charge is 0.481 e. The van der Waals surface area contributed by atoms with Crippen molar-refractivity contribution in [1.82, 2.24) is 44.6 Å². The topological polar surface area (TPSA) is 210 Å². The molecule has 0 fully saturated rings. The second-order valence-corrected chi connectivity index (χ2v) is 13.2. The Kier molecular flexibility index (Phi) is 12.9. The van der Waals surface area contributed by atoms with Gasteiger partial charge in [0.05, 0.1) is 86.1 Å². The van der Waals surface area contributed by atoms with E-state index in [0.717, 1.165) is 0 Å². The van der Waals surface area contributed by atoms with Gasteiger partial charge in [-0.3, -0.25) is 28.7 Å². The Bertz CT molecular complexity index is 2260. The van der Waals surface area contributed by atoms with Crippen LogP contribution < -0.4 is 16.2 Å². The number of hydrogen-bond donors (Lipinski definition) is 3. The molecule has 5 heterocycles. The van der Waals surface area contributed by atoms with Crippen LogP contribution in [0.1, 0.15) is 61.4 Å². The van der Waals surface area contributed by atoms with Crippen LogP contribution in [0.15, 0.2) is 66.1 Å². The number of anilines is 1. The highest BCUT2D eigenvalue weighted by atomic mass is 35.5. The average molecular weight is 795 g/mol. The molecule has 0 radical (unpaired) electrons. The molecule has 0 saturated heterocycles. The molecule has 6 rings (SSSR count). The number of aliphatic carboxylic acids is 1. The van der Waals surface area contributed by atoms with E-state index in [1.165, 1.54) is 46.3 Å². The first-order chi connectivity index (χ1) is 27.0. The van der Waals surface area contributed by atoms with Gasteiger partial charge in [0.25, 0.3) is 11.5 Å². The van der Waals surface area contributed by atoms with E-state index in [1.807, 2.05) is 0 Å². The summed E-state index contributed by atoms with van der Waals surface area (Å²) in [6, 6.07) is 8.66. The summed E-state index contributed by atoms with van der Waals surface area (Å²) in [7, 11) is 0. The van der Waals surface area contributed by atoms with Crippen molar-refractivity contribution in [2.24, 2.45) is 5.92 Å². The molecule has 0 unspecified atom stereocenters. The van der Waals surface area contributed by atoms with Crippen LogP contribution in [0.5, 0.6) is 0 Å². The van der Waals surface area contributed by atoms with Gasteiger partial charge in [-0.2, -0.15) is 13.9 Å². The lowest BCUT2D eigenvalue weighted by molar-refractivity contribution is -0.138. The molecule has 56 heavy (non-hydrogen) atoms. The molecule has 2 amide bonds. The lowest BCUT2D eigenvalue weighted by atomic mass is 9.97. The number of nitrogens with zero attached hydrogens (tertiary/aromatic N) is 8. The third kappa shape index (κ3) is 9.47. The number of fused-ring (bicyclic) bond motifs is 4. The smallest absolute Gasteiger partial charge is 0.333 e. The highest BCUT2D eigenvalue weighted by molar-refractivity contribution is 6.31. The number of nitrogens with one attached hydrogen (secondary N) is 2. The molecule has 1 aliphatic rings. The van der Waals surface area contributed by atoms with E-state index in [4.69, 9.17) is 26.2 Å². The van der Waals surface area contributed by atoms with Crippen molar-refractivity contribution in [3.63, 3.8) is 0 Å². The normalized spacial score (nSPS) is 15.8. The maximum absolute atomic E-state index is 14.0. The number of carbonyl (C=O) groups is 3. The molecule has 20 heteroatoms. The van der Waals surface area contributed by atoms with E-state index in [0.29, 0.717) is 51.5 Å². The van der Waals surface area contributed by atoms with Crippen molar-refractivity contribution in [3.05, 3.63) is 88.1 Å². The number of aromatic nitrogens is 8. The summed E-state index contributed by atoms with van der Waals surface area (Å²) in [6.45, 7) is -0.355. The molecule has 0 saturated carbocycles. The van der Waals surface area contributed by atoms with Crippen LogP contribution in [0, 0.1) is 5.92 Å². The number of alkyl halides is 2. The fourth-order valence-electron chi connectivity index (χ4n) is 6.10. The molecule has 3 N–H and O–H groups in total. The SMILES string of the molecule is C[C@@H]1CCC[C@H](n2cnc(-c3cc(Cl)ccc3-n3cc(C(=O)NCCOCCOCCC(=O)O)nn3)cc2=O)c2cc(ccn2)-c2c(cnn2C(F)F)NC1=O. The number of carboxylic acid groups (broad SMARTS) is 1. The Morgan fingerprint density at radius 1 is 1.07 bits per heavy atom. The van der Waals surface area contributed by atoms with Gasteiger partial charge < -0.3 is 25.2 Å². The predicted octanol–water partition coefficient (Wildman–Crippen LogP) is 4.38. The van der Waals surface area contributed by atoms with Gasteiger partial charge in [0.15, 0.2) is 5.69 Å². The van der Waals surface area contributed by atoms with Gasteiger partial charge in [-0.25, -0.2) is 14.3 Å². The van der Waals surface area contributed by atoms with E-state index in [2.05, 4.69) is 36.0 Å². The third-order valence-corrected chi connectivity index (χ3v) is 9.17. The maximum atomic E-state index is 14.0. The Hall–Kier alpha value is -5.92. The molecule has 4 aromatic heterocycles. The van der Waals surface area contributed by atoms with Crippen molar-refractivity contribution >= 4 is 35.1 Å². The first kappa shape index (κ1) is 39.8. The molecule has 2 atom stereocenters. The lowest BCUT2D eigenvalue weighted by Gasteiger charge is -2.22. The first-order valence-electron chi connectivity index (χ1n) is 17.6. The molecule has 2 bridgehead atoms. The lowest BCUT2D eigenvalue weighted by Crippen LogP contribution is -2.28. The zero-order valence-corrected chi connectivity index (χ0v) is 30.7. The number of pyridine rings is 1. The number of halogens is 3. The average Bonchev–Trinajstić information content (AvgIpc) is 3.84. The zero-order valence-electron chi connectivity index (χ0n) is 30.0. The Morgan fingerprint density at radius 3 is 2.64 bits per heavy atom. The zero-order chi connectivity index (χ0) is 39.8. The second kappa shape index (κ2) is 18.1. The van der Waals surface area contributed by atoms with Gasteiger partial charge in [0.1, 0.15) is 0 Å². The quantitative estimate of drug-likeness (QED) is 0.134. The highest BCUT2D eigenvalue weighted by Gasteiger charge is 2.26. The standard InChI is InChI=1S/C36H37ClF2N10O7/c1-21-3-2-4-30(26-15-22(7-9-40-26)33-27(44-34(21)53)18-43-49(33)36(38)39)47-20-42-25(17-31(47)50)24-16-23(37)5-6-29(24)48-19-28(45-46-48)35(54)41-10-12-56-14-13-55-11-8-32(51)52/h5-7,9,15-21,30,36H,2-4,8,10-14H2,1H3,(H,41,54)(H,44,53)(H,51,52)/t21-,30+/m1/s1. The van der Waals surface area contributed by atoms with Crippen LogP contribution in [0.3, 0.4) is 0 Å². The summed E-state index contributed by atoms with van der Waals surface area (Å²) in [5.41, 5.74) is 1.57. The minimum Gasteiger partial charge on any atom is -0.481 e. The molecule has 1 aromatic carbocycles. The molecule has 1 aliphatic heterocycles. The Morgan fingerprint density at radius 2 is 1.88 bits per heavy atom. The molecule has 294 valence electrons. The van der Waals surface area contributed by atoms with Gasteiger partial charge in [-0.05, 0) is 43.2 Å². The van der Waals surface area contributed by atoms with Crippen molar-refractivity contribution in [2.45, 2.75) is 45.2 Å². The van der Waals surface area contributed by atoms with E-state index >= 15 is 0 Å². The van der Waals surface area contributed by atoms with Crippen molar-refractivity contribution in [2.75, 3.05) is 38.3 Å². The predicted molar refractivity (Wildman–Crippen MR) is 197 cm³/mol. The number of rotatable bonds is 14. The van der Waals surface area contributed by atoms with Crippen LogP contribution in [0.4, 0.5) is 14.5 Å². The summed E-state index contributed by atoms with van der Waals surface area (Å²) in [4.78, 5) is 59.4. The minimum absolute atomic E-state index is 0.00873.